The number of nitrogens with one attached hydrogen (secondary N) is 2. The first-order valence-corrected chi connectivity index (χ1v) is 10.8. The van der Waals surface area contributed by atoms with E-state index < -0.39 is 0 Å². The van der Waals surface area contributed by atoms with Crippen LogP contribution in [0.2, 0.25) is 0 Å². The van der Waals surface area contributed by atoms with Gasteiger partial charge < -0.3 is 15.4 Å². The lowest BCUT2D eigenvalue weighted by Gasteiger charge is -2.12. The number of aryl methyl sites for hydroxylation is 2. The maximum atomic E-state index is 9.18. The number of ether oxygens (including phenoxy) is 1. The van der Waals surface area contributed by atoms with E-state index in [1.165, 1.54) is 5.56 Å². The third-order valence-electron chi connectivity index (χ3n) is 3.68. The second kappa shape index (κ2) is 14.5. The Bertz CT molecular complexity index is 974. The molecule has 0 saturated carbocycles. The predicted octanol–water partition coefficient (Wildman–Crippen LogP) is 5.81. The number of hydrogen-bond donors (Lipinski definition) is 2. The van der Waals surface area contributed by atoms with Crippen LogP contribution in [-0.2, 0) is 9.53 Å². The van der Waals surface area contributed by atoms with Crippen molar-refractivity contribution in [3.63, 3.8) is 0 Å². The Morgan fingerprint density at radius 2 is 1.69 bits per heavy atom. The maximum Gasteiger partial charge on any atom is 0.293 e. The second-order valence-electron chi connectivity index (χ2n) is 6.82. The lowest BCUT2D eigenvalue weighted by molar-refractivity contribution is -0.128. The molecule has 0 saturated heterocycles. The lowest BCUT2D eigenvalue weighted by Crippen LogP contribution is -2.14. The zero-order chi connectivity index (χ0) is 23.9. The first-order chi connectivity index (χ1) is 15.4. The highest BCUT2D eigenvalue weighted by molar-refractivity contribution is 5.59. The van der Waals surface area contributed by atoms with Gasteiger partial charge in [0, 0.05) is 20.3 Å². The van der Waals surface area contributed by atoms with E-state index in [1.54, 1.807) is 6.92 Å². The van der Waals surface area contributed by atoms with Crippen LogP contribution >= 0.6 is 0 Å². The van der Waals surface area contributed by atoms with Gasteiger partial charge in [0.25, 0.3) is 6.47 Å². The minimum atomic E-state index is 0. The first-order valence-electron chi connectivity index (χ1n) is 10.8. The number of nitrogens with zero attached hydrogens (tertiary/aromatic N) is 4. The van der Waals surface area contributed by atoms with Crippen LogP contribution in [-0.4, -0.2) is 39.1 Å². The molecule has 0 aliphatic carbocycles. The molecule has 8 heteroatoms. The molecule has 32 heavy (non-hydrogen) atoms. The van der Waals surface area contributed by atoms with Crippen LogP contribution in [0.4, 0.5) is 17.6 Å². The molecule has 2 N–H and O–H groups in total. The smallest absolute Gasteiger partial charge is 0.293 e. The quantitative estimate of drug-likeness (QED) is 0.442. The lowest BCUT2D eigenvalue weighted by atomic mass is 10.2. The van der Waals surface area contributed by atoms with E-state index in [-0.39, 0.29) is 8.90 Å². The van der Waals surface area contributed by atoms with E-state index in [1.807, 2.05) is 84.0 Å². The Hall–Kier alpha value is -3.55. The number of anilines is 3. The van der Waals surface area contributed by atoms with Crippen LogP contribution in [0, 0.1) is 13.8 Å². The molecule has 2 aromatic heterocycles. The molecule has 0 aliphatic rings. The highest BCUT2D eigenvalue weighted by Gasteiger charge is 2.11. The Morgan fingerprint density at radius 3 is 2.25 bits per heavy atom. The topological polar surface area (TPSA) is 102 Å². The van der Waals surface area contributed by atoms with Gasteiger partial charge >= 0.3 is 0 Å². The summed E-state index contributed by atoms with van der Waals surface area (Å²) < 4.78 is 4.15. The van der Waals surface area contributed by atoms with E-state index in [0.717, 1.165) is 17.1 Å². The van der Waals surface area contributed by atoms with Gasteiger partial charge in [-0.25, -0.2) is 4.98 Å². The number of rotatable bonds is 7. The number of benzene rings is 1. The number of carbonyl (C=O) groups is 1. The molecule has 0 fully saturated rings. The van der Waals surface area contributed by atoms with Crippen molar-refractivity contribution < 1.29 is 12.4 Å². The molecule has 2 heterocycles. The van der Waals surface area contributed by atoms with E-state index in [0.29, 0.717) is 30.8 Å². The summed E-state index contributed by atoms with van der Waals surface area (Å²) in [5.41, 5.74) is 3.75. The fraction of sp³-hybridized carbons (Fsp3) is 0.375. The minimum absolute atomic E-state index is 0. The average Bonchev–Trinajstić information content (AvgIpc) is 2.75. The molecular weight excluding hydrogens is 404 g/mol. The van der Waals surface area contributed by atoms with Crippen molar-refractivity contribution in [3.8, 4) is 11.5 Å². The van der Waals surface area contributed by atoms with Crippen LogP contribution in [0.15, 0.2) is 42.5 Å². The standard InChI is InChI=1S/C19H22N6.C3H6O2.C2H6.2H2/c1-12(2)20-18-23-17(16-10-6-8-14(4)21-16)24-19(25-18)22-15-9-5-7-13(3)11-15;1-2-5-3-4;1-2;;/h5-12H,1-4H3,(H2,20,22,23,24,25);3H,2H2,1H3;1-2H3;2*1H. The summed E-state index contributed by atoms with van der Waals surface area (Å²) >= 11 is 0. The molecule has 0 unspecified atom stereocenters. The van der Waals surface area contributed by atoms with Crippen molar-refractivity contribution in [2.45, 2.75) is 54.5 Å². The number of hydrogen-bond acceptors (Lipinski definition) is 8. The summed E-state index contributed by atoms with van der Waals surface area (Å²) in [7, 11) is 0. The van der Waals surface area contributed by atoms with Gasteiger partial charge in [0.2, 0.25) is 11.9 Å². The molecule has 8 nitrogen and oxygen atoms in total. The molecule has 1 aromatic carbocycles. The molecule has 0 radical (unpaired) electrons. The summed E-state index contributed by atoms with van der Waals surface area (Å²) in [6.45, 7) is 14.7. The molecule has 3 rings (SSSR count). The summed E-state index contributed by atoms with van der Waals surface area (Å²) in [5.74, 6) is 1.55. The summed E-state index contributed by atoms with van der Waals surface area (Å²) in [5, 5.41) is 6.49. The Balaban J connectivity index is 0. The van der Waals surface area contributed by atoms with Gasteiger partial charge in [-0.2, -0.15) is 15.0 Å². The monoisotopic (exact) mass is 442 g/mol. The summed E-state index contributed by atoms with van der Waals surface area (Å²) in [6.07, 6.45) is 0. The van der Waals surface area contributed by atoms with Gasteiger partial charge in [-0.1, -0.05) is 32.0 Å². The van der Waals surface area contributed by atoms with Crippen LogP contribution < -0.4 is 10.6 Å². The highest BCUT2D eigenvalue weighted by Crippen LogP contribution is 2.20. The predicted molar refractivity (Wildman–Crippen MR) is 134 cm³/mol. The number of carbonyl (C=O) groups excluding carboxylic acids is 1. The Labute approximate surface area is 193 Å². The van der Waals surface area contributed by atoms with Gasteiger partial charge in [0.05, 0.1) is 6.61 Å². The van der Waals surface area contributed by atoms with Crippen LogP contribution in [0.3, 0.4) is 0 Å². The largest absolute Gasteiger partial charge is 0.468 e. The van der Waals surface area contributed by atoms with Crippen LogP contribution in [0.1, 0.15) is 48.7 Å². The van der Waals surface area contributed by atoms with Crippen molar-refractivity contribution in [2.24, 2.45) is 0 Å². The molecule has 3 aromatic rings. The van der Waals surface area contributed by atoms with Gasteiger partial charge in [0.15, 0.2) is 5.82 Å². The fourth-order valence-corrected chi connectivity index (χ4v) is 2.46. The van der Waals surface area contributed by atoms with Crippen LogP contribution in [0.25, 0.3) is 11.5 Å². The van der Waals surface area contributed by atoms with Crippen molar-refractivity contribution in [2.75, 3.05) is 17.2 Å². The third kappa shape index (κ3) is 9.51. The fourth-order valence-electron chi connectivity index (χ4n) is 2.46. The SMILES string of the molecule is CC.CCOC=O.Cc1cccc(Nc2nc(NC(C)C)nc(-c3cccc(C)n3)n2)c1.[HH].[HH]. The van der Waals surface area contributed by atoms with E-state index in [4.69, 9.17) is 0 Å². The maximum absolute atomic E-state index is 9.18. The van der Waals surface area contributed by atoms with Gasteiger partial charge in [-0.3, -0.25) is 4.79 Å². The highest BCUT2D eigenvalue weighted by atomic mass is 16.5. The third-order valence-corrected chi connectivity index (χ3v) is 3.68. The number of aromatic nitrogens is 4. The average molecular weight is 443 g/mol. The Morgan fingerprint density at radius 1 is 1.00 bits per heavy atom. The van der Waals surface area contributed by atoms with E-state index >= 15 is 0 Å². The van der Waals surface area contributed by atoms with Crippen molar-refractivity contribution in [1.29, 1.82) is 0 Å². The van der Waals surface area contributed by atoms with Gasteiger partial charge in [-0.15, -0.1) is 0 Å². The molecule has 176 valence electrons. The van der Waals surface area contributed by atoms with Crippen LogP contribution in [0.5, 0.6) is 0 Å². The van der Waals surface area contributed by atoms with Gasteiger partial charge in [-0.05, 0) is 64.4 Å². The molecule has 0 aliphatic heterocycles. The molecule has 0 spiro atoms. The molecule has 0 amide bonds. The van der Waals surface area contributed by atoms with Gasteiger partial charge in [0.1, 0.15) is 5.69 Å². The normalized spacial score (nSPS) is 9.62. The van der Waals surface area contributed by atoms with Crippen molar-refractivity contribution in [3.05, 3.63) is 53.7 Å². The number of pyridine rings is 1. The molecule has 0 atom stereocenters. The summed E-state index contributed by atoms with van der Waals surface area (Å²) in [6, 6.07) is 14.1. The summed E-state index contributed by atoms with van der Waals surface area (Å²) in [4.78, 5) is 27.2. The zero-order valence-corrected chi connectivity index (χ0v) is 20.0. The minimum Gasteiger partial charge on any atom is -0.468 e. The van der Waals surface area contributed by atoms with Crippen molar-refractivity contribution in [1.82, 2.24) is 19.9 Å². The van der Waals surface area contributed by atoms with Crippen molar-refractivity contribution >= 4 is 24.1 Å². The first kappa shape index (κ1) is 26.5. The molecule has 0 bridgehead atoms. The second-order valence-corrected chi connectivity index (χ2v) is 6.82. The van der Waals surface area contributed by atoms with E-state index in [2.05, 4.69) is 35.3 Å². The van der Waals surface area contributed by atoms with E-state index in [9.17, 15) is 4.79 Å². The zero-order valence-electron chi connectivity index (χ0n) is 20.0. The Kier molecular flexibility index (Phi) is 12.0. The molecular formula is C24H38N6O2.